The van der Waals surface area contributed by atoms with Crippen LogP contribution in [-0.2, 0) is 18.9 Å². The van der Waals surface area contributed by atoms with E-state index < -0.39 is 11.6 Å². The molecule has 1 heterocycles. The second kappa shape index (κ2) is 5.25. The standard InChI is InChI=1S/C11H22O4/c1-5-6-11(14-4)9-10(12-2,13-3)7-8-15-11/h5-9H2,1-4H3. The lowest BCUT2D eigenvalue weighted by Crippen LogP contribution is -2.52. The third-order valence-corrected chi connectivity index (χ3v) is 3.13. The lowest BCUT2D eigenvalue weighted by molar-refractivity contribution is -0.338. The van der Waals surface area contributed by atoms with Gasteiger partial charge in [0.25, 0.3) is 0 Å². The second-order valence-electron chi connectivity index (χ2n) is 3.96. The van der Waals surface area contributed by atoms with Crippen LogP contribution in [-0.4, -0.2) is 39.5 Å². The SMILES string of the molecule is CCCC1(OC)CC(OC)(OC)CCO1. The topological polar surface area (TPSA) is 36.9 Å². The Morgan fingerprint density at radius 3 is 2.27 bits per heavy atom. The molecular weight excluding hydrogens is 196 g/mol. The normalized spacial score (nSPS) is 30.4. The zero-order chi connectivity index (χ0) is 11.4. The van der Waals surface area contributed by atoms with Gasteiger partial charge in [0, 0.05) is 34.2 Å². The molecule has 1 rings (SSSR count). The van der Waals surface area contributed by atoms with Crippen LogP contribution in [0.3, 0.4) is 0 Å². The molecule has 4 nitrogen and oxygen atoms in total. The van der Waals surface area contributed by atoms with E-state index >= 15 is 0 Å². The third-order valence-electron chi connectivity index (χ3n) is 3.13. The summed E-state index contributed by atoms with van der Waals surface area (Å²) in [7, 11) is 5.01. The van der Waals surface area contributed by atoms with Crippen molar-refractivity contribution in [2.24, 2.45) is 0 Å². The van der Waals surface area contributed by atoms with E-state index in [9.17, 15) is 0 Å². The first-order valence-corrected chi connectivity index (χ1v) is 5.45. The van der Waals surface area contributed by atoms with Gasteiger partial charge in [0.2, 0.25) is 0 Å². The Hall–Kier alpha value is -0.160. The lowest BCUT2D eigenvalue weighted by atomic mass is 9.95. The number of methoxy groups -OCH3 is 3. The molecule has 0 N–H and O–H groups in total. The predicted octanol–water partition coefficient (Wildman–Crippen LogP) is 1.93. The maximum atomic E-state index is 5.73. The summed E-state index contributed by atoms with van der Waals surface area (Å²) in [6, 6.07) is 0. The molecule has 1 unspecified atom stereocenters. The average Bonchev–Trinajstić information content (AvgIpc) is 2.29. The van der Waals surface area contributed by atoms with E-state index in [2.05, 4.69) is 6.92 Å². The van der Waals surface area contributed by atoms with E-state index in [0.29, 0.717) is 13.0 Å². The van der Waals surface area contributed by atoms with E-state index in [4.69, 9.17) is 18.9 Å². The highest BCUT2D eigenvalue weighted by Gasteiger charge is 2.46. The number of rotatable bonds is 5. The summed E-state index contributed by atoms with van der Waals surface area (Å²) in [6.45, 7) is 2.72. The van der Waals surface area contributed by atoms with Gasteiger partial charge in [0.05, 0.1) is 13.0 Å². The monoisotopic (exact) mass is 218 g/mol. The first-order chi connectivity index (χ1) is 7.16. The maximum absolute atomic E-state index is 5.73. The van der Waals surface area contributed by atoms with Gasteiger partial charge in [-0.25, -0.2) is 0 Å². The number of ether oxygens (including phenoxy) is 4. The van der Waals surface area contributed by atoms with Crippen LogP contribution in [0.15, 0.2) is 0 Å². The fourth-order valence-corrected chi connectivity index (χ4v) is 2.15. The first-order valence-electron chi connectivity index (χ1n) is 5.45. The van der Waals surface area contributed by atoms with Crippen LogP contribution in [0.25, 0.3) is 0 Å². The highest BCUT2D eigenvalue weighted by molar-refractivity contribution is 4.85. The molecule has 0 radical (unpaired) electrons. The average molecular weight is 218 g/mol. The molecule has 0 amide bonds. The molecule has 15 heavy (non-hydrogen) atoms. The molecule has 4 heteroatoms. The van der Waals surface area contributed by atoms with Gasteiger partial charge in [0.15, 0.2) is 11.6 Å². The molecule has 0 spiro atoms. The van der Waals surface area contributed by atoms with Crippen molar-refractivity contribution >= 4 is 0 Å². The Morgan fingerprint density at radius 1 is 1.13 bits per heavy atom. The molecule has 0 bridgehead atoms. The second-order valence-corrected chi connectivity index (χ2v) is 3.96. The van der Waals surface area contributed by atoms with Crippen LogP contribution in [0.5, 0.6) is 0 Å². The molecule has 0 aliphatic carbocycles. The maximum Gasteiger partial charge on any atom is 0.174 e. The van der Waals surface area contributed by atoms with Gasteiger partial charge >= 0.3 is 0 Å². The zero-order valence-corrected chi connectivity index (χ0v) is 10.2. The summed E-state index contributed by atoms with van der Waals surface area (Å²) < 4.78 is 22.1. The summed E-state index contributed by atoms with van der Waals surface area (Å²) in [4.78, 5) is 0. The van der Waals surface area contributed by atoms with E-state index in [1.54, 1.807) is 21.3 Å². The van der Waals surface area contributed by atoms with Crippen molar-refractivity contribution in [3.8, 4) is 0 Å². The van der Waals surface area contributed by atoms with Crippen molar-refractivity contribution < 1.29 is 18.9 Å². The summed E-state index contributed by atoms with van der Waals surface area (Å²) >= 11 is 0. The Bertz CT molecular complexity index is 187. The molecule has 0 aromatic carbocycles. The fourth-order valence-electron chi connectivity index (χ4n) is 2.15. The summed E-state index contributed by atoms with van der Waals surface area (Å²) in [5, 5.41) is 0. The Kier molecular flexibility index (Phi) is 4.52. The van der Waals surface area contributed by atoms with Gasteiger partial charge in [-0.3, -0.25) is 0 Å². The van der Waals surface area contributed by atoms with Crippen molar-refractivity contribution in [2.45, 2.75) is 44.2 Å². The molecule has 0 aromatic rings. The van der Waals surface area contributed by atoms with Crippen LogP contribution < -0.4 is 0 Å². The molecule has 1 aliphatic rings. The van der Waals surface area contributed by atoms with Crippen molar-refractivity contribution in [1.29, 1.82) is 0 Å². The van der Waals surface area contributed by atoms with Gasteiger partial charge in [-0.2, -0.15) is 0 Å². The smallest absolute Gasteiger partial charge is 0.174 e. The van der Waals surface area contributed by atoms with Crippen LogP contribution >= 0.6 is 0 Å². The minimum Gasteiger partial charge on any atom is -0.353 e. The largest absolute Gasteiger partial charge is 0.353 e. The zero-order valence-electron chi connectivity index (χ0n) is 10.2. The Labute approximate surface area is 91.8 Å². The van der Waals surface area contributed by atoms with Crippen molar-refractivity contribution in [1.82, 2.24) is 0 Å². The van der Waals surface area contributed by atoms with Crippen molar-refractivity contribution in [3.05, 3.63) is 0 Å². The molecular formula is C11H22O4. The van der Waals surface area contributed by atoms with Crippen molar-refractivity contribution in [3.63, 3.8) is 0 Å². The van der Waals surface area contributed by atoms with Crippen LogP contribution in [0.2, 0.25) is 0 Å². The molecule has 0 aromatic heterocycles. The van der Waals surface area contributed by atoms with Gasteiger partial charge in [-0.05, 0) is 0 Å². The first kappa shape index (κ1) is 12.9. The van der Waals surface area contributed by atoms with Gasteiger partial charge in [-0.1, -0.05) is 13.3 Å². The fraction of sp³-hybridized carbons (Fsp3) is 1.00. The third kappa shape index (κ3) is 2.69. The highest BCUT2D eigenvalue weighted by Crippen LogP contribution is 2.38. The molecule has 1 fully saturated rings. The van der Waals surface area contributed by atoms with Crippen LogP contribution in [0.4, 0.5) is 0 Å². The molecule has 1 aliphatic heterocycles. The van der Waals surface area contributed by atoms with Gasteiger partial charge < -0.3 is 18.9 Å². The van der Waals surface area contributed by atoms with E-state index in [1.807, 2.05) is 0 Å². The van der Waals surface area contributed by atoms with E-state index in [1.165, 1.54) is 0 Å². The number of hydrogen-bond acceptors (Lipinski definition) is 4. The van der Waals surface area contributed by atoms with Crippen LogP contribution in [0, 0.1) is 0 Å². The van der Waals surface area contributed by atoms with Gasteiger partial charge in [-0.15, -0.1) is 0 Å². The molecule has 0 saturated carbocycles. The summed E-state index contributed by atoms with van der Waals surface area (Å²) in [5.74, 6) is -1.09. The Morgan fingerprint density at radius 2 is 1.80 bits per heavy atom. The summed E-state index contributed by atoms with van der Waals surface area (Å²) in [6.07, 6.45) is 3.24. The molecule has 1 saturated heterocycles. The van der Waals surface area contributed by atoms with E-state index in [-0.39, 0.29) is 0 Å². The lowest BCUT2D eigenvalue weighted by Gasteiger charge is -2.45. The summed E-state index contributed by atoms with van der Waals surface area (Å²) in [5.41, 5.74) is 0. The van der Waals surface area contributed by atoms with Crippen molar-refractivity contribution in [2.75, 3.05) is 27.9 Å². The highest BCUT2D eigenvalue weighted by atomic mass is 16.7. The predicted molar refractivity (Wildman–Crippen MR) is 56.6 cm³/mol. The minimum atomic E-state index is -0.552. The van der Waals surface area contributed by atoms with Gasteiger partial charge in [0.1, 0.15) is 0 Å². The number of hydrogen-bond donors (Lipinski definition) is 0. The Balaban J connectivity index is 2.75. The molecule has 1 atom stereocenters. The quantitative estimate of drug-likeness (QED) is 0.661. The minimum absolute atomic E-state index is 0.543. The molecule has 90 valence electrons. The van der Waals surface area contributed by atoms with E-state index in [0.717, 1.165) is 19.3 Å². The van der Waals surface area contributed by atoms with Crippen LogP contribution in [0.1, 0.15) is 32.6 Å².